The molecule has 1 aliphatic rings. The average molecular weight is 494 g/mol. The fourth-order valence-corrected chi connectivity index (χ4v) is 2.75. The molecule has 0 amide bonds. The minimum atomic E-state index is 0. The van der Waals surface area contributed by atoms with Crippen molar-refractivity contribution in [2.75, 3.05) is 13.7 Å². The molecule has 0 unspecified atom stereocenters. The molecule has 1 heterocycles. The van der Waals surface area contributed by atoms with Gasteiger partial charge in [0, 0.05) is 24.8 Å². The van der Waals surface area contributed by atoms with E-state index in [4.69, 9.17) is 9.47 Å². The Morgan fingerprint density at radius 2 is 1.82 bits per heavy atom. The molecule has 0 aliphatic heterocycles. The molecule has 150 valence electrons. The number of aliphatic imine (C=N–C) groups is 1. The van der Waals surface area contributed by atoms with E-state index in [1.165, 1.54) is 0 Å². The zero-order valence-electron chi connectivity index (χ0n) is 16.2. The number of nitrogens with zero attached hydrogens (tertiary/aromatic N) is 2. The topological polar surface area (TPSA) is 67.8 Å². The van der Waals surface area contributed by atoms with Gasteiger partial charge in [-0.2, -0.15) is 0 Å². The summed E-state index contributed by atoms with van der Waals surface area (Å²) in [5.74, 6) is 2.90. The zero-order chi connectivity index (χ0) is 18.9. The molecule has 3 rings (SSSR count). The third kappa shape index (κ3) is 6.70. The van der Waals surface area contributed by atoms with Crippen LogP contribution < -0.4 is 20.1 Å². The third-order valence-electron chi connectivity index (χ3n) is 4.19. The molecule has 0 fully saturated rings. The Kier molecular flexibility index (Phi) is 9.06. The molecule has 1 aliphatic carbocycles. The number of ether oxygens (including phenoxy) is 2. The Hall–Kier alpha value is -2.29. The number of hydrogen-bond donors (Lipinski definition) is 2. The third-order valence-corrected chi connectivity index (χ3v) is 4.19. The molecule has 1 aromatic heterocycles. The van der Waals surface area contributed by atoms with Crippen molar-refractivity contribution < 1.29 is 9.47 Å². The van der Waals surface area contributed by atoms with Crippen LogP contribution in [0.4, 0.5) is 0 Å². The summed E-state index contributed by atoms with van der Waals surface area (Å²) in [5.41, 5.74) is 1.03. The lowest BCUT2D eigenvalue weighted by Crippen LogP contribution is -2.42. The van der Waals surface area contributed by atoms with E-state index in [2.05, 4.69) is 39.7 Å². The Morgan fingerprint density at radius 3 is 2.43 bits per heavy atom. The number of hydrogen-bond acceptors (Lipinski definition) is 4. The van der Waals surface area contributed by atoms with E-state index in [1.807, 2.05) is 36.4 Å². The number of benzene rings is 1. The quantitative estimate of drug-likeness (QED) is 0.261. The number of methoxy groups -OCH3 is 1. The molecule has 0 saturated carbocycles. The van der Waals surface area contributed by atoms with E-state index in [0.717, 1.165) is 42.4 Å². The molecular weight excluding hydrogens is 467 g/mol. The highest BCUT2D eigenvalue weighted by Crippen LogP contribution is 2.22. The van der Waals surface area contributed by atoms with Gasteiger partial charge in [0.1, 0.15) is 11.5 Å². The van der Waals surface area contributed by atoms with Gasteiger partial charge in [-0.25, -0.2) is 9.98 Å². The molecule has 0 spiro atoms. The summed E-state index contributed by atoms with van der Waals surface area (Å²) in [6.07, 6.45) is 8.29. The lowest BCUT2D eigenvalue weighted by Gasteiger charge is -2.16. The number of guanidine groups is 1. The average Bonchev–Trinajstić information content (AvgIpc) is 3.21. The summed E-state index contributed by atoms with van der Waals surface area (Å²) in [4.78, 5) is 9.02. The van der Waals surface area contributed by atoms with Gasteiger partial charge in [0.05, 0.1) is 13.7 Å². The molecule has 0 saturated heterocycles. The van der Waals surface area contributed by atoms with Crippen LogP contribution in [0.1, 0.15) is 25.3 Å². The number of aromatic nitrogens is 1. The smallest absolute Gasteiger partial charge is 0.219 e. The first-order valence-electron chi connectivity index (χ1n) is 9.23. The van der Waals surface area contributed by atoms with Crippen molar-refractivity contribution in [1.29, 1.82) is 0 Å². The zero-order valence-corrected chi connectivity index (χ0v) is 18.6. The maximum absolute atomic E-state index is 5.75. The van der Waals surface area contributed by atoms with Crippen molar-refractivity contribution in [1.82, 2.24) is 15.6 Å². The molecule has 28 heavy (non-hydrogen) atoms. The van der Waals surface area contributed by atoms with E-state index in [0.29, 0.717) is 18.5 Å². The highest BCUT2D eigenvalue weighted by molar-refractivity contribution is 14.0. The number of rotatable bonds is 7. The first-order valence-corrected chi connectivity index (χ1v) is 9.23. The fourth-order valence-electron chi connectivity index (χ4n) is 2.75. The number of nitrogens with one attached hydrogen (secondary N) is 2. The van der Waals surface area contributed by atoms with E-state index in [9.17, 15) is 0 Å². The van der Waals surface area contributed by atoms with Gasteiger partial charge >= 0.3 is 0 Å². The Morgan fingerprint density at radius 1 is 1.11 bits per heavy atom. The molecule has 0 radical (unpaired) electrons. The fraction of sp³-hybridized carbons (Fsp3) is 0.333. The second-order valence-corrected chi connectivity index (χ2v) is 6.26. The summed E-state index contributed by atoms with van der Waals surface area (Å²) in [5, 5.41) is 6.75. The van der Waals surface area contributed by atoms with E-state index >= 15 is 0 Å². The molecule has 2 aromatic rings. The minimum absolute atomic E-state index is 0. The standard InChI is InChI=1S/C21H26N4O2.HI/c1-3-22-21(25-17-6-4-5-7-17)24-15-16-8-13-20(23-14-16)27-19-11-9-18(26-2)10-12-19;/h4-5,8-14,17H,3,6-7,15H2,1-2H3,(H2,22,24,25);1H. The van der Waals surface area contributed by atoms with Gasteiger partial charge in [0.2, 0.25) is 5.88 Å². The van der Waals surface area contributed by atoms with Crippen LogP contribution >= 0.6 is 24.0 Å². The Labute approximate surface area is 183 Å². The summed E-state index contributed by atoms with van der Waals surface area (Å²) in [7, 11) is 1.64. The maximum atomic E-state index is 5.75. The van der Waals surface area contributed by atoms with Crippen LogP contribution in [0.2, 0.25) is 0 Å². The maximum Gasteiger partial charge on any atom is 0.219 e. The molecule has 7 heteroatoms. The minimum Gasteiger partial charge on any atom is -0.497 e. The lowest BCUT2D eigenvalue weighted by molar-refractivity contribution is 0.412. The first kappa shape index (κ1) is 22.0. The van der Waals surface area contributed by atoms with Gasteiger partial charge in [-0.05, 0) is 49.6 Å². The van der Waals surface area contributed by atoms with Crippen molar-refractivity contribution >= 4 is 29.9 Å². The second-order valence-electron chi connectivity index (χ2n) is 6.26. The van der Waals surface area contributed by atoms with Crippen molar-refractivity contribution in [3.8, 4) is 17.4 Å². The number of pyridine rings is 1. The monoisotopic (exact) mass is 494 g/mol. The van der Waals surface area contributed by atoms with Crippen LogP contribution in [-0.2, 0) is 6.54 Å². The molecule has 0 atom stereocenters. The summed E-state index contributed by atoms with van der Waals surface area (Å²) >= 11 is 0. The molecular formula is C21H27IN4O2. The second kappa shape index (κ2) is 11.5. The van der Waals surface area contributed by atoms with Crippen LogP contribution in [-0.4, -0.2) is 30.6 Å². The van der Waals surface area contributed by atoms with Crippen molar-refractivity contribution in [2.24, 2.45) is 4.99 Å². The first-order chi connectivity index (χ1) is 13.3. The molecule has 1 aromatic carbocycles. The van der Waals surface area contributed by atoms with Crippen LogP contribution in [0.15, 0.2) is 59.7 Å². The van der Waals surface area contributed by atoms with Crippen LogP contribution in [0.25, 0.3) is 0 Å². The van der Waals surface area contributed by atoms with E-state index in [-0.39, 0.29) is 24.0 Å². The predicted molar refractivity (Wildman–Crippen MR) is 123 cm³/mol. The van der Waals surface area contributed by atoms with Crippen LogP contribution in [0.5, 0.6) is 17.4 Å². The van der Waals surface area contributed by atoms with Gasteiger partial charge < -0.3 is 20.1 Å². The van der Waals surface area contributed by atoms with Crippen molar-refractivity contribution in [2.45, 2.75) is 32.4 Å². The summed E-state index contributed by atoms with van der Waals surface area (Å²) < 4.78 is 10.9. The molecule has 6 nitrogen and oxygen atoms in total. The summed E-state index contributed by atoms with van der Waals surface area (Å²) in [6, 6.07) is 11.7. The molecule has 0 bridgehead atoms. The largest absolute Gasteiger partial charge is 0.497 e. The molecule has 2 N–H and O–H groups in total. The van der Waals surface area contributed by atoms with E-state index < -0.39 is 0 Å². The van der Waals surface area contributed by atoms with Crippen LogP contribution in [0.3, 0.4) is 0 Å². The van der Waals surface area contributed by atoms with Crippen molar-refractivity contribution in [3.05, 3.63) is 60.3 Å². The number of halogens is 1. The normalized spacial score (nSPS) is 13.7. The lowest BCUT2D eigenvalue weighted by atomic mass is 10.2. The van der Waals surface area contributed by atoms with Gasteiger partial charge in [0.15, 0.2) is 5.96 Å². The van der Waals surface area contributed by atoms with Gasteiger partial charge in [0.25, 0.3) is 0 Å². The Balaban J connectivity index is 0.00000280. The highest BCUT2D eigenvalue weighted by atomic mass is 127. The Bertz CT molecular complexity index is 768. The summed E-state index contributed by atoms with van der Waals surface area (Å²) in [6.45, 7) is 3.46. The van der Waals surface area contributed by atoms with Gasteiger partial charge in [-0.3, -0.25) is 0 Å². The predicted octanol–water partition coefficient (Wildman–Crippen LogP) is 4.27. The SMILES string of the molecule is CCNC(=NCc1ccc(Oc2ccc(OC)cc2)nc1)NC1CC=CC1.I. The van der Waals surface area contributed by atoms with Crippen LogP contribution in [0, 0.1) is 0 Å². The van der Waals surface area contributed by atoms with Gasteiger partial charge in [-0.15, -0.1) is 24.0 Å². The van der Waals surface area contributed by atoms with E-state index in [1.54, 1.807) is 13.3 Å². The van der Waals surface area contributed by atoms with Gasteiger partial charge in [-0.1, -0.05) is 18.2 Å². The van der Waals surface area contributed by atoms with Crippen molar-refractivity contribution in [3.63, 3.8) is 0 Å². The highest BCUT2D eigenvalue weighted by Gasteiger charge is 2.11.